The van der Waals surface area contributed by atoms with Crippen molar-refractivity contribution in [3.63, 3.8) is 0 Å². The predicted octanol–water partition coefficient (Wildman–Crippen LogP) is 2.72. The van der Waals surface area contributed by atoms with Crippen LogP contribution in [0.5, 0.6) is 0 Å². The second kappa shape index (κ2) is 2.74. The van der Waals surface area contributed by atoms with Crippen molar-refractivity contribution in [2.24, 2.45) is 0 Å². The molecule has 1 heterocycles. The Labute approximate surface area is 95.3 Å². The minimum absolute atomic E-state index is 0.358. The second-order valence-electron chi connectivity index (χ2n) is 3.38. The van der Waals surface area contributed by atoms with Gasteiger partial charge in [0.05, 0.1) is 10.6 Å². The van der Waals surface area contributed by atoms with Gasteiger partial charge in [0, 0.05) is 9.86 Å². The lowest BCUT2D eigenvalue weighted by molar-refractivity contribution is 0.603. The van der Waals surface area contributed by atoms with E-state index >= 15 is 0 Å². The van der Waals surface area contributed by atoms with Crippen molar-refractivity contribution in [1.82, 2.24) is 0 Å². The highest BCUT2D eigenvalue weighted by molar-refractivity contribution is 9.10. The topological polar surface area (TPSA) is 46.2 Å². The summed E-state index contributed by atoms with van der Waals surface area (Å²) in [7, 11) is -3.35. The number of nitrogens with one attached hydrogen (secondary N) is 1. The van der Waals surface area contributed by atoms with Crippen LogP contribution < -0.4 is 4.72 Å². The monoisotopic (exact) mass is 283 g/mol. The van der Waals surface area contributed by atoms with Gasteiger partial charge in [-0.25, -0.2) is 8.42 Å². The highest BCUT2D eigenvalue weighted by atomic mass is 79.9. The fourth-order valence-corrected chi connectivity index (χ4v) is 3.62. The Hall–Kier alpha value is -1.07. The molecular formula is C10H6BrNO2S. The van der Waals surface area contributed by atoms with Gasteiger partial charge >= 0.3 is 0 Å². The summed E-state index contributed by atoms with van der Waals surface area (Å²) in [5.74, 6) is 0. The zero-order valence-electron chi connectivity index (χ0n) is 7.49. The lowest BCUT2D eigenvalue weighted by atomic mass is 10.1. The third-order valence-corrected chi connectivity index (χ3v) is 4.58. The first kappa shape index (κ1) is 9.18. The van der Waals surface area contributed by atoms with Gasteiger partial charge in [-0.3, -0.25) is 4.72 Å². The van der Waals surface area contributed by atoms with E-state index in [9.17, 15) is 8.42 Å². The lowest BCUT2D eigenvalue weighted by Gasteiger charge is -2.00. The molecule has 0 spiro atoms. The maximum atomic E-state index is 11.7. The fraction of sp³-hybridized carbons (Fsp3) is 0. The van der Waals surface area contributed by atoms with Crippen LogP contribution in [0.15, 0.2) is 39.7 Å². The summed E-state index contributed by atoms with van der Waals surface area (Å²) in [6, 6.07) is 8.87. The summed E-state index contributed by atoms with van der Waals surface area (Å²) in [5.41, 5.74) is 0.656. The number of hydrogen-bond acceptors (Lipinski definition) is 2. The highest BCUT2D eigenvalue weighted by Crippen LogP contribution is 2.39. The minimum atomic E-state index is -3.35. The average Bonchev–Trinajstić information content (AvgIpc) is 2.44. The molecule has 0 saturated heterocycles. The number of sulfonamides is 1. The molecular weight excluding hydrogens is 278 g/mol. The molecule has 2 aromatic carbocycles. The summed E-state index contributed by atoms with van der Waals surface area (Å²) in [6.45, 7) is 0. The van der Waals surface area contributed by atoms with Gasteiger partial charge < -0.3 is 0 Å². The Morgan fingerprint density at radius 3 is 2.73 bits per heavy atom. The van der Waals surface area contributed by atoms with Crippen LogP contribution in [0.2, 0.25) is 0 Å². The number of hydrogen-bond donors (Lipinski definition) is 1. The molecule has 3 rings (SSSR count). The third kappa shape index (κ3) is 1.13. The number of halogens is 1. The van der Waals surface area contributed by atoms with Gasteiger partial charge in [-0.2, -0.15) is 0 Å². The van der Waals surface area contributed by atoms with E-state index in [1.165, 1.54) is 0 Å². The first-order valence-corrected chi connectivity index (χ1v) is 6.61. The van der Waals surface area contributed by atoms with Crippen molar-refractivity contribution in [3.8, 4) is 0 Å². The summed E-state index contributed by atoms with van der Waals surface area (Å²) < 4.78 is 26.9. The molecule has 0 radical (unpaired) electrons. The number of anilines is 1. The van der Waals surface area contributed by atoms with Gasteiger partial charge in [0.1, 0.15) is 0 Å². The van der Waals surface area contributed by atoms with Crippen LogP contribution >= 0.6 is 15.9 Å². The van der Waals surface area contributed by atoms with E-state index in [4.69, 9.17) is 0 Å². The van der Waals surface area contributed by atoms with Crippen LogP contribution in [0.4, 0.5) is 5.69 Å². The molecule has 1 aliphatic heterocycles. The second-order valence-corrected chi connectivity index (χ2v) is 5.88. The summed E-state index contributed by atoms with van der Waals surface area (Å²) >= 11 is 3.41. The molecule has 0 atom stereocenters. The van der Waals surface area contributed by atoms with E-state index in [1.54, 1.807) is 18.2 Å². The van der Waals surface area contributed by atoms with Gasteiger partial charge in [0.25, 0.3) is 10.0 Å². The van der Waals surface area contributed by atoms with Crippen LogP contribution in [-0.4, -0.2) is 8.42 Å². The first-order valence-electron chi connectivity index (χ1n) is 4.34. The van der Waals surface area contributed by atoms with Crippen LogP contribution in [0.1, 0.15) is 0 Å². The Balaban J connectivity index is 2.63. The lowest BCUT2D eigenvalue weighted by Crippen LogP contribution is -2.05. The van der Waals surface area contributed by atoms with Gasteiger partial charge in [-0.05, 0) is 23.6 Å². The molecule has 15 heavy (non-hydrogen) atoms. The van der Waals surface area contributed by atoms with Gasteiger partial charge in [0.2, 0.25) is 0 Å². The van der Waals surface area contributed by atoms with Crippen LogP contribution in [0.25, 0.3) is 10.8 Å². The Kier molecular flexibility index (Phi) is 1.67. The normalized spacial score (nSPS) is 16.6. The van der Waals surface area contributed by atoms with Crippen molar-refractivity contribution < 1.29 is 8.42 Å². The van der Waals surface area contributed by atoms with E-state index in [0.717, 1.165) is 15.2 Å². The summed E-state index contributed by atoms with van der Waals surface area (Å²) in [6.07, 6.45) is 0. The molecule has 2 aromatic rings. The number of rotatable bonds is 0. The number of benzene rings is 2. The summed E-state index contributed by atoms with van der Waals surface area (Å²) in [4.78, 5) is 0.358. The Morgan fingerprint density at radius 2 is 1.93 bits per heavy atom. The molecule has 5 heteroatoms. The molecule has 0 fully saturated rings. The molecule has 0 aliphatic carbocycles. The molecule has 3 nitrogen and oxygen atoms in total. The van der Waals surface area contributed by atoms with Crippen molar-refractivity contribution in [1.29, 1.82) is 0 Å². The Bertz CT molecular complexity index is 679. The molecule has 1 aliphatic rings. The smallest absolute Gasteiger partial charge is 0.262 e. The Morgan fingerprint density at radius 1 is 1.13 bits per heavy atom. The van der Waals surface area contributed by atoms with E-state index in [0.29, 0.717) is 10.6 Å². The SMILES string of the molecule is O=S1(=O)Nc2cccc3c(Br)ccc1c23. The third-order valence-electron chi connectivity index (χ3n) is 2.48. The van der Waals surface area contributed by atoms with E-state index in [-0.39, 0.29) is 0 Å². The molecule has 0 bridgehead atoms. The van der Waals surface area contributed by atoms with Crippen LogP contribution in [-0.2, 0) is 10.0 Å². The predicted molar refractivity (Wildman–Crippen MR) is 62.5 cm³/mol. The van der Waals surface area contributed by atoms with E-state index in [2.05, 4.69) is 20.7 Å². The quantitative estimate of drug-likeness (QED) is 0.808. The van der Waals surface area contributed by atoms with Gasteiger partial charge in [-0.15, -0.1) is 0 Å². The van der Waals surface area contributed by atoms with Gasteiger partial charge in [-0.1, -0.05) is 28.1 Å². The van der Waals surface area contributed by atoms with E-state index < -0.39 is 10.0 Å². The maximum Gasteiger partial charge on any atom is 0.262 e. The molecule has 0 unspecified atom stereocenters. The zero-order chi connectivity index (χ0) is 10.6. The highest BCUT2D eigenvalue weighted by Gasteiger charge is 2.27. The molecule has 0 saturated carbocycles. The maximum absolute atomic E-state index is 11.7. The standard InChI is InChI=1S/C10H6BrNO2S/c11-7-4-5-9-10-6(7)2-1-3-8(10)12-15(9,13)14/h1-5,12H. The molecule has 0 aromatic heterocycles. The molecule has 1 N–H and O–H groups in total. The van der Waals surface area contributed by atoms with Crippen molar-refractivity contribution in [2.75, 3.05) is 4.72 Å². The minimum Gasteiger partial charge on any atom is -0.279 e. The largest absolute Gasteiger partial charge is 0.279 e. The average molecular weight is 284 g/mol. The molecule has 0 amide bonds. The van der Waals surface area contributed by atoms with E-state index in [1.807, 2.05) is 12.1 Å². The van der Waals surface area contributed by atoms with Crippen molar-refractivity contribution >= 4 is 42.4 Å². The molecule has 76 valence electrons. The van der Waals surface area contributed by atoms with Gasteiger partial charge in [0.15, 0.2) is 0 Å². The zero-order valence-corrected chi connectivity index (χ0v) is 9.89. The van der Waals surface area contributed by atoms with Crippen LogP contribution in [0, 0.1) is 0 Å². The van der Waals surface area contributed by atoms with Crippen molar-refractivity contribution in [2.45, 2.75) is 4.90 Å². The first-order chi connectivity index (χ1) is 7.09. The summed E-state index contributed by atoms with van der Waals surface area (Å²) in [5, 5.41) is 1.69. The fourth-order valence-electron chi connectivity index (χ4n) is 1.85. The van der Waals surface area contributed by atoms with Crippen molar-refractivity contribution in [3.05, 3.63) is 34.8 Å². The van der Waals surface area contributed by atoms with Crippen LogP contribution in [0.3, 0.4) is 0 Å².